The van der Waals surface area contributed by atoms with Crippen molar-refractivity contribution < 1.29 is 4.21 Å². The first-order valence-electron chi connectivity index (χ1n) is 4.02. The fraction of sp³-hybridized carbons (Fsp3) is 0.333. The molecule has 5 heteroatoms. The summed E-state index contributed by atoms with van der Waals surface area (Å²) in [4.78, 5) is 0. The highest BCUT2D eigenvalue weighted by Gasteiger charge is 2.03. The first kappa shape index (κ1) is 11.3. The molecule has 3 nitrogen and oxygen atoms in total. The molecule has 0 aromatic heterocycles. The summed E-state index contributed by atoms with van der Waals surface area (Å²) in [6.07, 6.45) is 3.16. The molecule has 0 aliphatic carbocycles. The number of hydrogen-bond acceptors (Lipinski definition) is 3. The number of hydrogen-bond donors (Lipinski definition) is 1. The lowest BCUT2D eigenvalue weighted by Gasteiger charge is -2.04. The van der Waals surface area contributed by atoms with Gasteiger partial charge in [-0.3, -0.25) is 0 Å². The molecular weight excluding hydrogens is 220 g/mol. The normalized spacial score (nSPS) is 11.4. The average molecular weight is 233 g/mol. The van der Waals surface area contributed by atoms with E-state index in [-0.39, 0.29) is 0 Å². The minimum atomic E-state index is -2.15. The molecule has 1 aromatic carbocycles. The van der Waals surface area contributed by atoms with Crippen molar-refractivity contribution in [3.8, 4) is 0 Å². The van der Waals surface area contributed by atoms with E-state index in [9.17, 15) is 4.21 Å². The van der Waals surface area contributed by atoms with Gasteiger partial charge in [0.15, 0.2) is 0 Å². The topological polar surface area (TPSA) is 55.4 Å². The number of rotatable bonds is 1. The van der Waals surface area contributed by atoms with E-state index in [1.807, 2.05) is 6.92 Å². The predicted molar refractivity (Wildman–Crippen MR) is 62.7 cm³/mol. The van der Waals surface area contributed by atoms with Crippen LogP contribution in [0, 0.1) is 6.92 Å². The molecular formula is C9H13ClN2OS. The van der Waals surface area contributed by atoms with Gasteiger partial charge in [0.2, 0.25) is 0 Å². The summed E-state index contributed by atoms with van der Waals surface area (Å²) >= 11 is 5.84. The van der Waals surface area contributed by atoms with Gasteiger partial charge in [0.1, 0.15) is 0 Å². The zero-order chi connectivity index (χ0) is 10.9. The van der Waals surface area contributed by atoms with E-state index in [0.29, 0.717) is 16.4 Å². The van der Waals surface area contributed by atoms with Crippen molar-refractivity contribution in [1.29, 1.82) is 0 Å². The Morgan fingerprint density at radius 2 is 2.00 bits per heavy atom. The van der Waals surface area contributed by atoms with E-state index >= 15 is 0 Å². The number of aryl methyl sites for hydroxylation is 1. The van der Waals surface area contributed by atoms with Gasteiger partial charge in [-0.2, -0.15) is 4.36 Å². The van der Waals surface area contributed by atoms with Gasteiger partial charge < -0.3 is 5.73 Å². The van der Waals surface area contributed by atoms with Crippen LogP contribution in [0.15, 0.2) is 16.5 Å². The monoisotopic (exact) mass is 232 g/mol. The van der Waals surface area contributed by atoms with Gasteiger partial charge in [-0.1, -0.05) is 11.6 Å². The van der Waals surface area contributed by atoms with Crippen LogP contribution in [0.4, 0.5) is 11.4 Å². The summed E-state index contributed by atoms with van der Waals surface area (Å²) in [6.45, 7) is 1.86. The Morgan fingerprint density at radius 3 is 2.50 bits per heavy atom. The number of halogens is 1. The van der Waals surface area contributed by atoms with Gasteiger partial charge >= 0.3 is 0 Å². The molecule has 0 fully saturated rings. The predicted octanol–water partition coefficient (Wildman–Crippen LogP) is 2.59. The van der Waals surface area contributed by atoms with Crippen LogP contribution in [0.2, 0.25) is 5.02 Å². The van der Waals surface area contributed by atoms with Crippen LogP contribution >= 0.6 is 11.6 Å². The lowest BCUT2D eigenvalue weighted by atomic mass is 10.2. The van der Waals surface area contributed by atoms with Crippen molar-refractivity contribution in [1.82, 2.24) is 0 Å². The van der Waals surface area contributed by atoms with E-state index in [4.69, 9.17) is 17.3 Å². The van der Waals surface area contributed by atoms with Crippen LogP contribution in [0.1, 0.15) is 5.56 Å². The van der Waals surface area contributed by atoms with Crippen molar-refractivity contribution in [3.05, 3.63) is 22.7 Å². The maximum absolute atomic E-state index is 11.5. The molecule has 0 atom stereocenters. The quantitative estimate of drug-likeness (QED) is 0.757. The third-order valence-electron chi connectivity index (χ3n) is 1.63. The van der Waals surface area contributed by atoms with E-state index in [2.05, 4.69) is 4.36 Å². The van der Waals surface area contributed by atoms with Crippen molar-refractivity contribution in [2.24, 2.45) is 4.36 Å². The first-order valence-corrected chi connectivity index (χ1v) is 6.73. The molecule has 2 N–H and O–H groups in total. The maximum atomic E-state index is 11.5. The van der Waals surface area contributed by atoms with Crippen molar-refractivity contribution in [2.45, 2.75) is 6.92 Å². The Bertz CT molecular complexity index is 468. The molecule has 0 unspecified atom stereocenters. The number of nitrogen functional groups attached to an aromatic ring is 1. The minimum absolute atomic E-state index is 0.443. The minimum Gasteiger partial charge on any atom is -0.398 e. The summed E-state index contributed by atoms with van der Waals surface area (Å²) in [5.41, 5.74) is 7.64. The second-order valence-corrected chi connectivity index (χ2v) is 6.39. The summed E-state index contributed by atoms with van der Waals surface area (Å²) in [6, 6.07) is 3.37. The number of nitrogens with two attached hydrogens (primary N) is 1. The van der Waals surface area contributed by atoms with Crippen LogP contribution in [-0.4, -0.2) is 16.7 Å². The Hall–Kier alpha value is -0.740. The second kappa shape index (κ2) is 3.79. The van der Waals surface area contributed by atoms with Crippen molar-refractivity contribution in [3.63, 3.8) is 0 Å². The van der Waals surface area contributed by atoms with Gasteiger partial charge in [0.25, 0.3) is 0 Å². The molecule has 0 radical (unpaired) electrons. The smallest absolute Gasteiger partial charge is 0.0775 e. The third-order valence-corrected chi connectivity index (χ3v) is 2.60. The highest BCUT2D eigenvalue weighted by molar-refractivity contribution is 7.92. The molecule has 1 aromatic rings. The summed E-state index contributed by atoms with van der Waals surface area (Å²) in [7, 11) is -2.15. The van der Waals surface area contributed by atoms with Crippen LogP contribution in [0.5, 0.6) is 0 Å². The SMILES string of the molecule is Cc1cc(N)c(Cl)cc1N=S(C)(C)=O. The van der Waals surface area contributed by atoms with Gasteiger partial charge in [-0.15, -0.1) is 0 Å². The Morgan fingerprint density at radius 1 is 1.43 bits per heavy atom. The lowest BCUT2D eigenvalue weighted by molar-refractivity contribution is 0.684. The second-order valence-electron chi connectivity index (χ2n) is 3.43. The lowest BCUT2D eigenvalue weighted by Crippen LogP contribution is -1.92. The molecule has 0 heterocycles. The Balaban J connectivity index is 3.38. The molecule has 0 spiro atoms. The molecule has 1 rings (SSSR count). The van der Waals surface area contributed by atoms with Crippen molar-refractivity contribution in [2.75, 3.05) is 18.2 Å². The Kier molecular flexibility index (Phi) is 3.07. The van der Waals surface area contributed by atoms with Gasteiger partial charge in [-0.25, -0.2) is 4.21 Å². The highest BCUT2D eigenvalue weighted by Crippen LogP contribution is 2.29. The number of anilines is 1. The summed E-state index contributed by atoms with van der Waals surface area (Å²) < 4.78 is 15.5. The van der Waals surface area contributed by atoms with E-state index in [1.54, 1.807) is 24.6 Å². The molecule has 0 aliphatic heterocycles. The maximum Gasteiger partial charge on any atom is 0.0775 e. The van der Waals surface area contributed by atoms with Crippen LogP contribution in [0.25, 0.3) is 0 Å². The third kappa shape index (κ3) is 2.89. The summed E-state index contributed by atoms with van der Waals surface area (Å²) in [5.74, 6) is 0. The largest absolute Gasteiger partial charge is 0.398 e. The summed E-state index contributed by atoms with van der Waals surface area (Å²) in [5, 5.41) is 0.443. The van der Waals surface area contributed by atoms with E-state index < -0.39 is 9.73 Å². The molecule has 78 valence electrons. The fourth-order valence-corrected chi connectivity index (χ4v) is 1.86. The van der Waals surface area contributed by atoms with Crippen molar-refractivity contribution >= 4 is 32.7 Å². The highest BCUT2D eigenvalue weighted by atomic mass is 35.5. The number of nitrogens with zero attached hydrogens (tertiary/aromatic N) is 1. The number of benzene rings is 1. The molecule has 14 heavy (non-hydrogen) atoms. The molecule has 0 amide bonds. The van der Waals surface area contributed by atoms with Crippen LogP contribution < -0.4 is 5.73 Å². The van der Waals surface area contributed by atoms with E-state index in [1.165, 1.54) is 0 Å². The molecule has 0 saturated carbocycles. The van der Waals surface area contributed by atoms with E-state index in [0.717, 1.165) is 5.56 Å². The Labute approximate surface area is 89.4 Å². The fourth-order valence-electron chi connectivity index (χ4n) is 1.03. The zero-order valence-corrected chi connectivity index (χ0v) is 9.95. The standard InChI is InChI=1S/C9H13ClN2OS/c1-6-4-8(11)7(10)5-9(6)12-14(2,3)13/h4-5H,11H2,1-3H3. The molecule has 0 aliphatic rings. The van der Waals surface area contributed by atoms with Crippen LogP contribution in [-0.2, 0) is 9.73 Å². The average Bonchev–Trinajstić information content (AvgIpc) is 1.97. The van der Waals surface area contributed by atoms with Gasteiger partial charge in [0.05, 0.1) is 16.4 Å². The molecule has 0 saturated heterocycles. The zero-order valence-electron chi connectivity index (χ0n) is 8.37. The van der Waals surface area contributed by atoms with Gasteiger partial charge in [0, 0.05) is 22.2 Å². The van der Waals surface area contributed by atoms with Gasteiger partial charge in [-0.05, 0) is 24.6 Å². The first-order chi connectivity index (χ1) is 6.29. The van der Waals surface area contributed by atoms with Crippen LogP contribution in [0.3, 0.4) is 0 Å². The molecule has 0 bridgehead atoms.